The van der Waals surface area contributed by atoms with E-state index in [2.05, 4.69) is 58.0 Å². The Labute approximate surface area is 140 Å². The normalized spacial score (nSPS) is 17.1. The first kappa shape index (κ1) is 15.1. The van der Waals surface area contributed by atoms with Crippen LogP contribution >= 0.6 is 24.2 Å². The number of amidine groups is 1. The molecule has 0 fully saturated rings. The van der Waals surface area contributed by atoms with Gasteiger partial charge in [0, 0.05) is 12.8 Å². The standard InChI is InChI=1S/C17H15N3S.ClH/c1-18-17-20-19-16(10-21-17)13-7-6-12-8-11-4-2-3-5-14(11)15(12)9-13;/h2-7,9H,8,10H2,1H3,(H,18,20);1H. The molecule has 2 aliphatic rings. The third kappa shape index (κ3) is 2.53. The molecular weight excluding hydrogens is 314 g/mol. The number of aliphatic imine (C=N–C) groups is 1. The molecule has 0 saturated carbocycles. The van der Waals surface area contributed by atoms with Gasteiger partial charge in [0.2, 0.25) is 0 Å². The van der Waals surface area contributed by atoms with Gasteiger partial charge in [-0.2, -0.15) is 5.10 Å². The highest BCUT2D eigenvalue weighted by Crippen LogP contribution is 2.37. The van der Waals surface area contributed by atoms with Crippen LogP contribution in [0.15, 0.2) is 52.6 Å². The Morgan fingerprint density at radius 3 is 2.68 bits per heavy atom. The highest BCUT2D eigenvalue weighted by Gasteiger charge is 2.20. The average molecular weight is 330 g/mol. The van der Waals surface area contributed by atoms with Crippen molar-refractivity contribution >= 4 is 35.0 Å². The topological polar surface area (TPSA) is 36.8 Å². The van der Waals surface area contributed by atoms with Gasteiger partial charge in [0.05, 0.1) is 5.71 Å². The molecule has 0 atom stereocenters. The molecule has 3 nitrogen and oxygen atoms in total. The molecule has 1 N–H and O–H groups in total. The van der Waals surface area contributed by atoms with E-state index in [1.165, 1.54) is 27.8 Å². The zero-order chi connectivity index (χ0) is 14.2. The van der Waals surface area contributed by atoms with Gasteiger partial charge < -0.3 is 0 Å². The van der Waals surface area contributed by atoms with Gasteiger partial charge >= 0.3 is 0 Å². The lowest BCUT2D eigenvalue weighted by molar-refractivity contribution is 1.03. The third-order valence-corrected chi connectivity index (χ3v) is 4.93. The second kappa shape index (κ2) is 6.15. The van der Waals surface area contributed by atoms with Gasteiger partial charge in [0.25, 0.3) is 0 Å². The molecule has 1 aliphatic carbocycles. The summed E-state index contributed by atoms with van der Waals surface area (Å²) in [5.74, 6) is 0.861. The maximum absolute atomic E-state index is 4.45. The zero-order valence-electron chi connectivity index (χ0n) is 12.2. The molecule has 0 unspecified atom stereocenters. The largest absolute Gasteiger partial charge is 0.265 e. The first-order chi connectivity index (χ1) is 10.3. The number of rotatable bonds is 1. The fraction of sp³-hybridized carbons (Fsp3) is 0.176. The van der Waals surface area contributed by atoms with Crippen LogP contribution in [0.2, 0.25) is 0 Å². The van der Waals surface area contributed by atoms with Gasteiger partial charge in [-0.15, -0.1) is 12.4 Å². The fourth-order valence-electron chi connectivity index (χ4n) is 2.88. The van der Waals surface area contributed by atoms with Crippen LogP contribution in [-0.2, 0) is 6.42 Å². The van der Waals surface area contributed by atoms with Gasteiger partial charge in [-0.05, 0) is 40.3 Å². The van der Waals surface area contributed by atoms with Crippen molar-refractivity contribution in [2.75, 3.05) is 12.8 Å². The maximum atomic E-state index is 4.45. The first-order valence-corrected chi connectivity index (χ1v) is 7.97. The van der Waals surface area contributed by atoms with Crippen molar-refractivity contribution in [2.45, 2.75) is 6.42 Å². The molecule has 2 aromatic carbocycles. The summed E-state index contributed by atoms with van der Waals surface area (Å²) in [6.07, 6.45) is 1.04. The minimum absolute atomic E-state index is 0. The number of hydrogen-bond donors (Lipinski definition) is 1. The number of hydrogen-bond acceptors (Lipinski definition) is 3. The molecule has 5 heteroatoms. The summed E-state index contributed by atoms with van der Waals surface area (Å²) in [5.41, 5.74) is 10.8. The molecule has 0 amide bonds. The smallest absolute Gasteiger partial charge is 0.177 e. The lowest BCUT2D eigenvalue weighted by Crippen LogP contribution is -2.25. The van der Waals surface area contributed by atoms with E-state index in [1.807, 2.05) is 0 Å². The summed E-state index contributed by atoms with van der Waals surface area (Å²) in [4.78, 5) is 4.12. The van der Waals surface area contributed by atoms with E-state index in [0.29, 0.717) is 0 Å². The zero-order valence-corrected chi connectivity index (χ0v) is 13.8. The van der Waals surface area contributed by atoms with E-state index in [4.69, 9.17) is 0 Å². The molecular formula is C17H16ClN3S. The second-order valence-electron chi connectivity index (χ2n) is 5.19. The number of hydrazone groups is 1. The van der Waals surface area contributed by atoms with Crippen LogP contribution in [0.3, 0.4) is 0 Å². The highest BCUT2D eigenvalue weighted by atomic mass is 35.5. The van der Waals surface area contributed by atoms with Crippen molar-refractivity contribution in [3.05, 3.63) is 59.2 Å². The number of fused-ring (bicyclic) bond motifs is 3. The van der Waals surface area contributed by atoms with Crippen molar-refractivity contribution in [3.8, 4) is 11.1 Å². The quantitative estimate of drug-likeness (QED) is 0.739. The van der Waals surface area contributed by atoms with Crippen molar-refractivity contribution in [1.82, 2.24) is 5.43 Å². The van der Waals surface area contributed by atoms with E-state index in [1.54, 1.807) is 18.8 Å². The Morgan fingerprint density at radius 1 is 1.09 bits per heavy atom. The summed E-state index contributed by atoms with van der Waals surface area (Å²) in [5, 5.41) is 5.33. The van der Waals surface area contributed by atoms with Crippen molar-refractivity contribution in [3.63, 3.8) is 0 Å². The van der Waals surface area contributed by atoms with Gasteiger partial charge in [-0.1, -0.05) is 48.2 Å². The van der Waals surface area contributed by atoms with Crippen LogP contribution in [0, 0.1) is 0 Å². The predicted octanol–water partition coefficient (Wildman–Crippen LogP) is 3.71. The minimum atomic E-state index is 0. The minimum Gasteiger partial charge on any atom is -0.265 e. The maximum Gasteiger partial charge on any atom is 0.177 e. The lowest BCUT2D eigenvalue weighted by atomic mass is 10.0. The molecule has 0 aromatic heterocycles. The van der Waals surface area contributed by atoms with Crippen molar-refractivity contribution in [1.29, 1.82) is 0 Å². The number of benzene rings is 2. The molecule has 1 aliphatic heterocycles. The average Bonchev–Trinajstić information content (AvgIpc) is 2.93. The number of nitrogens with one attached hydrogen (secondary N) is 1. The summed E-state index contributed by atoms with van der Waals surface area (Å²) < 4.78 is 0. The number of thioether (sulfide) groups is 1. The Hall–Kier alpha value is -1.78. The van der Waals surface area contributed by atoms with E-state index >= 15 is 0 Å². The Morgan fingerprint density at radius 2 is 1.91 bits per heavy atom. The molecule has 4 rings (SSSR count). The Balaban J connectivity index is 0.00000144. The molecule has 0 bridgehead atoms. The number of halogens is 1. The van der Waals surface area contributed by atoms with E-state index in [-0.39, 0.29) is 12.4 Å². The molecule has 22 heavy (non-hydrogen) atoms. The van der Waals surface area contributed by atoms with Crippen LogP contribution in [0.5, 0.6) is 0 Å². The van der Waals surface area contributed by atoms with Crippen LogP contribution in [0.4, 0.5) is 0 Å². The summed E-state index contributed by atoms with van der Waals surface area (Å²) in [6, 6.07) is 15.3. The van der Waals surface area contributed by atoms with Gasteiger partial charge in [0.1, 0.15) is 0 Å². The SMILES string of the molecule is CN=C1NN=C(c2ccc3c(c2)-c2ccccc2C3)CS1.Cl. The van der Waals surface area contributed by atoms with E-state index in [9.17, 15) is 0 Å². The predicted molar refractivity (Wildman–Crippen MR) is 97.4 cm³/mol. The molecule has 0 saturated heterocycles. The summed E-state index contributed by atoms with van der Waals surface area (Å²) >= 11 is 1.69. The molecule has 2 aromatic rings. The van der Waals surface area contributed by atoms with Crippen LogP contribution in [0.25, 0.3) is 11.1 Å². The molecule has 1 heterocycles. The molecule has 112 valence electrons. The van der Waals surface area contributed by atoms with Crippen LogP contribution in [0.1, 0.15) is 16.7 Å². The first-order valence-electron chi connectivity index (χ1n) is 6.99. The van der Waals surface area contributed by atoms with E-state index < -0.39 is 0 Å². The molecule has 0 radical (unpaired) electrons. The van der Waals surface area contributed by atoms with Crippen LogP contribution in [-0.4, -0.2) is 23.7 Å². The summed E-state index contributed by atoms with van der Waals surface area (Å²) in [6.45, 7) is 0. The number of nitrogens with zero attached hydrogens (tertiary/aromatic N) is 2. The van der Waals surface area contributed by atoms with Crippen LogP contribution < -0.4 is 5.43 Å². The van der Waals surface area contributed by atoms with Crippen molar-refractivity contribution in [2.24, 2.45) is 10.1 Å². The second-order valence-corrected chi connectivity index (χ2v) is 6.16. The lowest BCUT2D eigenvalue weighted by Gasteiger charge is -2.15. The van der Waals surface area contributed by atoms with Gasteiger partial charge in [-0.25, -0.2) is 0 Å². The Kier molecular flexibility index (Phi) is 4.23. The van der Waals surface area contributed by atoms with Crippen molar-refractivity contribution < 1.29 is 0 Å². The molecule has 0 spiro atoms. The monoisotopic (exact) mass is 329 g/mol. The van der Waals surface area contributed by atoms with Gasteiger partial charge in [0.15, 0.2) is 5.17 Å². The highest BCUT2D eigenvalue weighted by molar-refractivity contribution is 8.14. The van der Waals surface area contributed by atoms with Gasteiger partial charge in [-0.3, -0.25) is 10.4 Å². The Bertz CT molecular complexity index is 783. The summed E-state index contributed by atoms with van der Waals surface area (Å²) in [7, 11) is 1.78. The third-order valence-electron chi connectivity index (χ3n) is 3.97. The fourth-order valence-corrected chi connectivity index (χ4v) is 3.63. The van der Waals surface area contributed by atoms with E-state index in [0.717, 1.165) is 23.1 Å².